The molecular formula is C20H21F2N3O2. The fraction of sp³-hybridized carbons (Fsp3) is 0.300. The van der Waals surface area contributed by atoms with Crippen LogP contribution in [0, 0.1) is 23.5 Å². The van der Waals surface area contributed by atoms with E-state index in [1.807, 2.05) is 0 Å². The molecule has 142 valence electrons. The molecule has 3 N–H and O–H groups in total. The molecule has 2 aromatic carbocycles. The highest BCUT2D eigenvalue weighted by molar-refractivity contribution is 5.90. The van der Waals surface area contributed by atoms with Crippen LogP contribution in [0.3, 0.4) is 0 Å². The van der Waals surface area contributed by atoms with Gasteiger partial charge in [-0.05, 0) is 42.6 Å². The maximum atomic E-state index is 14.1. The minimum Gasteiger partial charge on any atom is -0.481 e. The molecule has 0 bridgehead atoms. The van der Waals surface area contributed by atoms with Gasteiger partial charge in [0, 0.05) is 24.2 Å². The molecule has 1 fully saturated rings. The lowest BCUT2D eigenvalue weighted by Gasteiger charge is -2.27. The number of nitrogens with one attached hydrogen (secondary N) is 2. The van der Waals surface area contributed by atoms with E-state index in [-0.39, 0.29) is 17.4 Å². The number of aliphatic carboxylic acids is 1. The molecule has 2 aromatic rings. The molecule has 0 amide bonds. The topological polar surface area (TPSA) is 73.7 Å². The van der Waals surface area contributed by atoms with Crippen molar-refractivity contribution in [3.05, 3.63) is 59.7 Å². The second-order valence-electron chi connectivity index (χ2n) is 6.63. The van der Waals surface area contributed by atoms with Crippen molar-refractivity contribution in [2.75, 3.05) is 19.6 Å². The van der Waals surface area contributed by atoms with Crippen molar-refractivity contribution in [1.29, 1.82) is 0 Å². The summed E-state index contributed by atoms with van der Waals surface area (Å²) in [6.45, 7) is 1.75. The van der Waals surface area contributed by atoms with E-state index in [1.54, 1.807) is 30.5 Å². The van der Waals surface area contributed by atoms with Crippen LogP contribution in [0.25, 0.3) is 11.1 Å². The molecule has 0 radical (unpaired) electrons. The van der Waals surface area contributed by atoms with Crippen LogP contribution in [-0.2, 0) is 4.79 Å². The molecule has 27 heavy (non-hydrogen) atoms. The molecule has 0 saturated carbocycles. The molecule has 1 saturated heterocycles. The van der Waals surface area contributed by atoms with E-state index in [0.717, 1.165) is 24.7 Å². The highest BCUT2D eigenvalue weighted by Gasteiger charge is 2.26. The van der Waals surface area contributed by atoms with Gasteiger partial charge in [0.05, 0.1) is 12.1 Å². The Labute approximate surface area is 156 Å². The number of nitrogens with zero attached hydrogens (tertiary/aromatic N) is 1. The summed E-state index contributed by atoms with van der Waals surface area (Å²) >= 11 is 0. The Morgan fingerprint density at radius 2 is 2.04 bits per heavy atom. The van der Waals surface area contributed by atoms with E-state index >= 15 is 0 Å². The first-order chi connectivity index (χ1) is 13.0. The Kier molecular flexibility index (Phi) is 6.13. The molecule has 7 heteroatoms. The third-order valence-corrected chi connectivity index (χ3v) is 4.65. The van der Waals surface area contributed by atoms with Gasteiger partial charge in [0.25, 0.3) is 0 Å². The zero-order valence-electron chi connectivity index (χ0n) is 14.7. The molecular weight excluding hydrogens is 352 g/mol. The van der Waals surface area contributed by atoms with Crippen molar-refractivity contribution >= 4 is 12.2 Å². The third-order valence-electron chi connectivity index (χ3n) is 4.65. The van der Waals surface area contributed by atoms with Crippen LogP contribution in [0.4, 0.5) is 8.78 Å². The average Bonchev–Trinajstić information content (AvgIpc) is 2.68. The number of rotatable bonds is 6. The lowest BCUT2D eigenvalue weighted by atomic mass is 9.91. The minimum atomic E-state index is -0.790. The van der Waals surface area contributed by atoms with Gasteiger partial charge in [-0.2, -0.15) is 5.10 Å². The van der Waals surface area contributed by atoms with Gasteiger partial charge in [-0.25, -0.2) is 8.78 Å². The first-order valence-corrected chi connectivity index (χ1v) is 8.78. The first-order valence-electron chi connectivity index (χ1n) is 8.78. The molecule has 1 aliphatic rings. The van der Waals surface area contributed by atoms with Crippen LogP contribution in [0.1, 0.15) is 12.0 Å². The summed E-state index contributed by atoms with van der Waals surface area (Å²) in [5.74, 6) is -2.02. The van der Waals surface area contributed by atoms with Crippen molar-refractivity contribution in [3.8, 4) is 11.1 Å². The molecule has 0 spiro atoms. The van der Waals surface area contributed by atoms with Crippen LogP contribution >= 0.6 is 0 Å². The fourth-order valence-electron chi connectivity index (χ4n) is 3.23. The number of halogens is 2. The predicted molar refractivity (Wildman–Crippen MR) is 99.5 cm³/mol. The second-order valence-corrected chi connectivity index (χ2v) is 6.63. The summed E-state index contributed by atoms with van der Waals surface area (Å²) in [5.41, 5.74) is 4.31. The molecule has 0 unspecified atom stereocenters. The molecule has 1 heterocycles. The van der Waals surface area contributed by atoms with Gasteiger partial charge in [0.15, 0.2) is 0 Å². The molecule has 2 atom stereocenters. The SMILES string of the molecule is O=C(O)[C@H]1CNC[C@@H](CN/N=C/c2ccccc2-c2cc(F)ccc2F)C1. The normalized spacial score (nSPS) is 19.9. The summed E-state index contributed by atoms with van der Waals surface area (Å²) in [5, 5.41) is 16.4. The Bertz CT molecular complexity index is 842. The van der Waals surface area contributed by atoms with E-state index in [2.05, 4.69) is 15.8 Å². The van der Waals surface area contributed by atoms with Gasteiger partial charge in [0.1, 0.15) is 11.6 Å². The van der Waals surface area contributed by atoms with E-state index in [9.17, 15) is 13.6 Å². The van der Waals surface area contributed by atoms with E-state index < -0.39 is 17.6 Å². The van der Waals surface area contributed by atoms with E-state index in [0.29, 0.717) is 30.6 Å². The Morgan fingerprint density at radius 3 is 2.85 bits per heavy atom. The van der Waals surface area contributed by atoms with Crippen LogP contribution in [0.5, 0.6) is 0 Å². The zero-order valence-corrected chi connectivity index (χ0v) is 14.7. The summed E-state index contributed by atoms with van der Waals surface area (Å²) in [6, 6.07) is 10.4. The highest BCUT2D eigenvalue weighted by atomic mass is 19.1. The third kappa shape index (κ3) is 4.89. The molecule has 3 rings (SSSR count). The summed E-state index contributed by atoms with van der Waals surface area (Å²) in [4.78, 5) is 11.1. The number of piperidine rings is 1. The largest absolute Gasteiger partial charge is 0.481 e. The number of carbonyl (C=O) groups is 1. The van der Waals surface area contributed by atoms with Gasteiger partial charge in [-0.1, -0.05) is 24.3 Å². The maximum Gasteiger partial charge on any atom is 0.307 e. The molecule has 0 aliphatic carbocycles. The minimum absolute atomic E-state index is 0.160. The van der Waals surface area contributed by atoms with Crippen LogP contribution in [-0.4, -0.2) is 36.9 Å². The monoisotopic (exact) mass is 373 g/mol. The first kappa shape index (κ1) is 19.0. The summed E-state index contributed by atoms with van der Waals surface area (Å²) < 4.78 is 27.6. The molecule has 0 aromatic heterocycles. The highest BCUT2D eigenvalue weighted by Crippen LogP contribution is 2.26. The Balaban J connectivity index is 1.66. The number of carboxylic acids is 1. The summed E-state index contributed by atoms with van der Waals surface area (Å²) in [7, 11) is 0. The number of benzene rings is 2. The van der Waals surface area contributed by atoms with Gasteiger partial charge in [-0.15, -0.1) is 0 Å². The number of hydrogen-bond acceptors (Lipinski definition) is 4. The van der Waals surface area contributed by atoms with Crippen molar-refractivity contribution in [2.45, 2.75) is 6.42 Å². The number of hydrazone groups is 1. The van der Waals surface area contributed by atoms with Crippen molar-refractivity contribution in [3.63, 3.8) is 0 Å². The summed E-state index contributed by atoms with van der Waals surface area (Å²) in [6.07, 6.45) is 2.15. The standard InChI is InChI=1S/C20H21F2N3O2/c21-16-5-6-19(22)18(8-16)17-4-2-1-3-14(17)12-25-24-10-13-7-15(20(26)27)11-23-9-13/h1-6,8,12-13,15,23-24H,7,9-11H2,(H,26,27)/b25-12+/t13-,15+/m0/s1. The molecule has 5 nitrogen and oxygen atoms in total. The van der Waals surface area contributed by atoms with Gasteiger partial charge < -0.3 is 15.8 Å². The van der Waals surface area contributed by atoms with Crippen LogP contribution < -0.4 is 10.7 Å². The average molecular weight is 373 g/mol. The van der Waals surface area contributed by atoms with Gasteiger partial charge in [0.2, 0.25) is 0 Å². The van der Waals surface area contributed by atoms with E-state index in [1.165, 1.54) is 0 Å². The Morgan fingerprint density at radius 1 is 1.22 bits per heavy atom. The van der Waals surface area contributed by atoms with Crippen LogP contribution in [0.2, 0.25) is 0 Å². The second kappa shape index (κ2) is 8.73. The lowest BCUT2D eigenvalue weighted by molar-refractivity contribution is -0.142. The fourth-order valence-corrected chi connectivity index (χ4v) is 3.23. The zero-order chi connectivity index (χ0) is 19.2. The van der Waals surface area contributed by atoms with Crippen molar-refractivity contribution in [1.82, 2.24) is 10.7 Å². The molecule has 1 aliphatic heterocycles. The number of hydrogen-bond donors (Lipinski definition) is 3. The maximum absolute atomic E-state index is 14.1. The van der Waals surface area contributed by atoms with Gasteiger partial charge >= 0.3 is 5.97 Å². The lowest BCUT2D eigenvalue weighted by Crippen LogP contribution is -2.42. The van der Waals surface area contributed by atoms with Crippen molar-refractivity contribution in [2.24, 2.45) is 16.9 Å². The number of carboxylic acid groups (broad SMARTS) is 1. The van der Waals surface area contributed by atoms with Crippen molar-refractivity contribution < 1.29 is 18.7 Å². The smallest absolute Gasteiger partial charge is 0.307 e. The van der Waals surface area contributed by atoms with Crippen LogP contribution in [0.15, 0.2) is 47.6 Å². The van der Waals surface area contributed by atoms with Gasteiger partial charge in [-0.3, -0.25) is 4.79 Å². The predicted octanol–water partition coefficient (Wildman–Crippen LogP) is 2.87. The van der Waals surface area contributed by atoms with E-state index in [4.69, 9.17) is 5.11 Å². The quantitative estimate of drug-likeness (QED) is 0.538. The Hall–Kier alpha value is -2.80.